The van der Waals surface area contributed by atoms with Gasteiger partial charge in [0.1, 0.15) is 5.82 Å². The van der Waals surface area contributed by atoms with Crippen molar-refractivity contribution in [2.75, 3.05) is 18.1 Å². The predicted molar refractivity (Wildman–Crippen MR) is 55.1 cm³/mol. The molecule has 0 bridgehead atoms. The van der Waals surface area contributed by atoms with Crippen molar-refractivity contribution in [3.05, 3.63) is 35.6 Å². The van der Waals surface area contributed by atoms with Crippen molar-refractivity contribution in [1.82, 2.24) is 0 Å². The van der Waals surface area contributed by atoms with Crippen molar-refractivity contribution in [2.24, 2.45) is 0 Å². The molecular weight excluding hydrogens is 203 g/mol. The number of carbonyl (C=O) groups is 1. The summed E-state index contributed by atoms with van der Waals surface area (Å²) >= 11 is 1.37. The molecule has 0 spiro atoms. The molecule has 0 saturated heterocycles. The molecule has 0 atom stereocenters. The zero-order valence-corrected chi connectivity index (χ0v) is 8.39. The van der Waals surface area contributed by atoms with E-state index in [1.54, 1.807) is 0 Å². The van der Waals surface area contributed by atoms with Crippen molar-refractivity contribution in [3.8, 4) is 0 Å². The Balaban J connectivity index is 2.48. The van der Waals surface area contributed by atoms with Crippen molar-refractivity contribution in [1.29, 1.82) is 0 Å². The van der Waals surface area contributed by atoms with E-state index in [2.05, 4.69) is 0 Å². The number of rotatable bonds is 5. The van der Waals surface area contributed by atoms with E-state index in [-0.39, 0.29) is 18.2 Å². The van der Waals surface area contributed by atoms with E-state index in [0.29, 0.717) is 17.1 Å². The predicted octanol–water partition coefficient (Wildman–Crippen LogP) is 1.73. The summed E-state index contributed by atoms with van der Waals surface area (Å²) in [5.74, 6) is 0.493. The van der Waals surface area contributed by atoms with Crippen LogP contribution in [0.4, 0.5) is 4.39 Å². The number of hydrogen-bond acceptors (Lipinski definition) is 3. The van der Waals surface area contributed by atoms with Gasteiger partial charge >= 0.3 is 0 Å². The zero-order valence-electron chi connectivity index (χ0n) is 7.57. The maximum Gasteiger partial charge on any atom is 0.172 e. The van der Waals surface area contributed by atoms with Gasteiger partial charge in [-0.3, -0.25) is 4.79 Å². The van der Waals surface area contributed by atoms with Crippen LogP contribution in [0, 0.1) is 5.82 Å². The summed E-state index contributed by atoms with van der Waals surface area (Å²) in [5.41, 5.74) is 0.511. The van der Waals surface area contributed by atoms with Crippen LogP contribution in [0.3, 0.4) is 0 Å². The summed E-state index contributed by atoms with van der Waals surface area (Å²) < 4.78 is 12.5. The van der Waals surface area contributed by atoms with Gasteiger partial charge in [0.15, 0.2) is 5.78 Å². The first-order chi connectivity index (χ1) is 6.74. The number of benzene rings is 1. The molecule has 0 unspecified atom stereocenters. The largest absolute Gasteiger partial charge is 0.396 e. The molecule has 0 aliphatic heterocycles. The topological polar surface area (TPSA) is 37.3 Å². The van der Waals surface area contributed by atoms with Gasteiger partial charge in [0.25, 0.3) is 0 Å². The molecule has 0 saturated carbocycles. The van der Waals surface area contributed by atoms with E-state index < -0.39 is 0 Å². The van der Waals surface area contributed by atoms with Crippen LogP contribution in [0.5, 0.6) is 0 Å². The average Bonchev–Trinajstić information content (AvgIpc) is 2.19. The number of thioether (sulfide) groups is 1. The lowest BCUT2D eigenvalue weighted by Gasteiger charge is -1.99. The molecule has 1 aromatic carbocycles. The number of hydrogen-bond donors (Lipinski definition) is 1. The monoisotopic (exact) mass is 214 g/mol. The fourth-order valence-corrected chi connectivity index (χ4v) is 1.57. The van der Waals surface area contributed by atoms with E-state index in [1.807, 2.05) is 0 Å². The molecule has 1 N–H and O–H groups in total. The minimum absolute atomic E-state index is 0.0385. The SMILES string of the molecule is O=C(CSCCO)c1ccc(F)cc1. The second-order valence-electron chi connectivity index (χ2n) is 2.71. The Bertz CT molecular complexity index is 297. The fourth-order valence-electron chi connectivity index (χ4n) is 0.949. The quantitative estimate of drug-likeness (QED) is 0.599. The minimum Gasteiger partial charge on any atom is -0.396 e. The normalized spacial score (nSPS) is 10.1. The molecule has 1 aromatic rings. The first-order valence-electron chi connectivity index (χ1n) is 4.21. The molecule has 0 aliphatic rings. The van der Waals surface area contributed by atoms with Gasteiger partial charge < -0.3 is 5.11 Å². The summed E-state index contributed by atoms with van der Waals surface area (Å²) in [7, 11) is 0. The zero-order chi connectivity index (χ0) is 10.4. The maximum atomic E-state index is 12.5. The molecule has 14 heavy (non-hydrogen) atoms. The summed E-state index contributed by atoms with van der Waals surface area (Å²) in [6, 6.07) is 5.47. The number of Topliss-reactive ketones (excluding diaryl/α,β-unsaturated/α-hetero) is 1. The Hall–Kier alpha value is -0.870. The highest BCUT2D eigenvalue weighted by Crippen LogP contribution is 2.08. The number of aliphatic hydroxyl groups excluding tert-OH is 1. The molecule has 0 radical (unpaired) electrons. The molecule has 0 aromatic heterocycles. The lowest BCUT2D eigenvalue weighted by atomic mass is 10.1. The van der Waals surface area contributed by atoms with Crippen LogP contribution in [-0.2, 0) is 0 Å². The Morgan fingerprint density at radius 1 is 1.36 bits per heavy atom. The minimum atomic E-state index is -0.343. The summed E-state index contributed by atoms with van der Waals surface area (Å²) in [6.07, 6.45) is 0. The van der Waals surface area contributed by atoms with Crippen molar-refractivity contribution < 1.29 is 14.3 Å². The molecular formula is C10H11FO2S. The van der Waals surface area contributed by atoms with Gasteiger partial charge in [-0.25, -0.2) is 4.39 Å². The van der Waals surface area contributed by atoms with Gasteiger partial charge in [0, 0.05) is 11.3 Å². The van der Waals surface area contributed by atoms with Crippen LogP contribution in [0.1, 0.15) is 10.4 Å². The highest BCUT2D eigenvalue weighted by atomic mass is 32.2. The van der Waals surface area contributed by atoms with Crippen LogP contribution in [0.2, 0.25) is 0 Å². The third-order valence-corrected chi connectivity index (χ3v) is 2.57. The summed E-state index contributed by atoms with van der Waals surface area (Å²) in [6.45, 7) is 0.0708. The number of halogens is 1. The summed E-state index contributed by atoms with van der Waals surface area (Å²) in [4.78, 5) is 11.4. The molecule has 1 rings (SSSR count). The van der Waals surface area contributed by atoms with E-state index in [9.17, 15) is 9.18 Å². The average molecular weight is 214 g/mol. The Labute approximate surface area is 86.1 Å². The van der Waals surface area contributed by atoms with Gasteiger partial charge in [0.05, 0.1) is 12.4 Å². The molecule has 0 fully saturated rings. The Kier molecular flexibility index (Phi) is 4.62. The van der Waals surface area contributed by atoms with Crippen LogP contribution >= 0.6 is 11.8 Å². The Morgan fingerprint density at radius 2 is 2.00 bits per heavy atom. The number of aliphatic hydroxyl groups is 1. The molecule has 76 valence electrons. The Morgan fingerprint density at radius 3 is 2.57 bits per heavy atom. The van der Waals surface area contributed by atoms with Crippen LogP contribution < -0.4 is 0 Å². The smallest absolute Gasteiger partial charge is 0.172 e. The van der Waals surface area contributed by atoms with Gasteiger partial charge in [-0.05, 0) is 24.3 Å². The van der Waals surface area contributed by atoms with Crippen molar-refractivity contribution in [3.63, 3.8) is 0 Å². The molecule has 0 heterocycles. The van der Waals surface area contributed by atoms with Gasteiger partial charge in [0.2, 0.25) is 0 Å². The maximum absolute atomic E-state index is 12.5. The second-order valence-corrected chi connectivity index (χ2v) is 3.81. The standard InChI is InChI=1S/C10H11FO2S/c11-9-3-1-8(2-4-9)10(13)7-14-6-5-12/h1-4,12H,5-7H2. The van der Waals surface area contributed by atoms with Crippen LogP contribution in [0.25, 0.3) is 0 Å². The second kappa shape index (κ2) is 5.78. The van der Waals surface area contributed by atoms with Crippen molar-refractivity contribution >= 4 is 17.5 Å². The van der Waals surface area contributed by atoms with Gasteiger partial charge in [-0.2, -0.15) is 11.8 Å². The lowest BCUT2D eigenvalue weighted by Crippen LogP contribution is -2.03. The van der Waals surface area contributed by atoms with Crippen LogP contribution in [0.15, 0.2) is 24.3 Å². The molecule has 4 heteroatoms. The van der Waals surface area contributed by atoms with E-state index in [0.717, 1.165) is 0 Å². The van der Waals surface area contributed by atoms with E-state index in [1.165, 1.54) is 36.0 Å². The lowest BCUT2D eigenvalue weighted by molar-refractivity contribution is 0.102. The molecule has 0 amide bonds. The fraction of sp³-hybridized carbons (Fsp3) is 0.300. The van der Waals surface area contributed by atoms with Gasteiger partial charge in [-0.15, -0.1) is 0 Å². The van der Waals surface area contributed by atoms with Crippen molar-refractivity contribution in [2.45, 2.75) is 0 Å². The first kappa shape index (κ1) is 11.2. The third-order valence-electron chi connectivity index (χ3n) is 1.63. The van der Waals surface area contributed by atoms with E-state index >= 15 is 0 Å². The number of carbonyl (C=O) groups excluding carboxylic acids is 1. The van der Waals surface area contributed by atoms with Gasteiger partial charge in [-0.1, -0.05) is 0 Å². The number of ketones is 1. The highest BCUT2D eigenvalue weighted by molar-refractivity contribution is 8.00. The van der Waals surface area contributed by atoms with E-state index in [4.69, 9.17) is 5.11 Å². The van der Waals surface area contributed by atoms with Crippen LogP contribution in [-0.4, -0.2) is 29.0 Å². The highest BCUT2D eigenvalue weighted by Gasteiger charge is 2.05. The molecule has 0 aliphatic carbocycles. The molecule has 2 nitrogen and oxygen atoms in total. The summed E-state index contributed by atoms with van der Waals surface area (Å²) in [5, 5.41) is 8.50. The first-order valence-corrected chi connectivity index (χ1v) is 5.37. The third kappa shape index (κ3) is 3.47.